The molecule has 4 aromatic rings. The first-order valence-corrected chi connectivity index (χ1v) is 8.88. The smallest absolute Gasteiger partial charge is 0.352 e. The maximum absolute atomic E-state index is 13.1. The standard InChI is InChI=1S/C17H13ClF3N7/c18-13-7-24-15-23-5-10(8-27(13)15)11-1-4-28-12(11)6-22-14(26-28)25-9-16(2-3-16)17(19,20)21/h1,4-8H,2-3,9H2,(H,25,26). The van der Waals surface area contributed by atoms with Crippen molar-refractivity contribution in [3.8, 4) is 11.1 Å². The van der Waals surface area contributed by atoms with E-state index in [-0.39, 0.29) is 25.3 Å². The summed E-state index contributed by atoms with van der Waals surface area (Å²) in [6.45, 7) is -0.226. The van der Waals surface area contributed by atoms with Crippen molar-refractivity contribution >= 4 is 28.8 Å². The minimum atomic E-state index is -4.22. The van der Waals surface area contributed by atoms with Gasteiger partial charge in [0.1, 0.15) is 5.15 Å². The first-order chi connectivity index (χ1) is 13.4. The maximum atomic E-state index is 13.1. The van der Waals surface area contributed by atoms with E-state index in [9.17, 15) is 13.2 Å². The minimum absolute atomic E-state index is 0.131. The molecule has 0 aliphatic heterocycles. The summed E-state index contributed by atoms with van der Waals surface area (Å²) in [5, 5.41) is 7.42. The highest BCUT2D eigenvalue weighted by atomic mass is 35.5. The third kappa shape index (κ3) is 2.67. The molecule has 5 rings (SSSR count). The van der Waals surface area contributed by atoms with Gasteiger partial charge in [-0.25, -0.2) is 19.5 Å². The molecular weight excluding hydrogens is 395 g/mol. The number of nitrogens with zero attached hydrogens (tertiary/aromatic N) is 6. The monoisotopic (exact) mass is 407 g/mol. The Morgan fingerprint density at radius 1 is 1.14 bits per heavy atom. The summed E-state index contributed by atoms with van der Waals surface area (Å²) in [6.07, 6.45) is 4.31. The Labute approximate surface area is 161 Å². The molecule has 28 heavy (non-hydrogen) atoms. The van der Waals surface area contributed by atoms with Crippen molar-refractivity contribution in [3.05, 3.63) is 42.2 Å². The van der Waals surface area contributed by atoms with Crippen LogP contribution in [0, 0.1) is 5.41 Å². The van der Waals surface area contributed by atoms with Crippen molar-refractivity contribution < 1.29 is 13.2 Å². The number of alkyl halides is 3. The molecule has 1 aliphatic carbocycles. The third-order valence-electron chi connectivity index (χ3n) is 5.09. The average molecular weight is 408 g/mol. The largest absolute Gasteiger partial charge is 0.396 e. The van der Waals surface area contributed by atoms with Gasteiger partial charge in [-0.2, -0.15) is 13.2 Å². The lowest BCUT2D eigenvalue weighted by atomic mass is 10.1. The highest BCUT2D eigenvalue weighted by molar-refractivity contribution is 6.29. The lowest BCUT2D eigenvalue weighted by Crippen LogP contribution is -2.32. The first-order valence-electron chi connectivity index (χ1n) is 8.50. The fraction of sp³-hybridized carbons (Fsp3) is 0.294. The lowest BCUT2D eigenvalue weighted by Gasteiger charge is -2.19. The fourth-order valence-electron chi connectivity index (χ4n) is 3.17. The summed E-state index contributed by atoms with van der Waals surface area (Å²) in [6, 6.07) is 1.83. The number of rotatable bonds is 4. The molecule has 0 aromatic carbocycles. The highest BCUT2D eigenvalue weighted by Crippen LogP contribution is 2.57. The van der Waals surface area contributed by atoms with Crippen LogP contribution in [0.15, 0.2) is 37.1 Å². The van der Waals surface area contributed by atoms with Crippen LogP contribution in [-0.4, -0.2) is 41.7 Å². The van der Waals surface area contributed by atoms with Gasteiger partial charge in [-0.1, -0.05) is 11.6 Å². The Morgan fingerprint density at radius 2 is 1.93 bits per heavy atom. The normalized spacial score (nSPS) is 16.0. The zero-order valence-corrected chi connectivity index (χ0v) is 15.0. The van der Waals surface area contributed by atoms with E-state index in [1.165, 1.54) is 6.20 Å². The maximum Gasteiger partial charge on any atom is 0.396 e. The predicted octanol–water partition coefficient (Wildman–Crippen LogP) is 3.85. The fourth-order valence-corrected chi connectivity index (χ4v) is 3.34. The van der Waals surface area contributed by atoms with Gasteiger partial charge in [-0.05, 0) is 18.9 Å². The van der Waals surface area contributed by atoms with E-state index >= 15 is 0 Å². The molecule has 0 bridgehead atoms. The summed E-state index contributed by atoms with van der Waals surface area (Å²) < 4.78 is 42.4. The second-order valence-corrected chi connectivity index (χ2v) is 7.25. The summed E-state index contributed by atoms with van der Waals surface area (Å²) in [5.41, 5.74) is 0.644. The van der Waals surface area contributed by atoms with E-state index in [4.69, 9.17) is 11.6 Å². The van der Waals surface area contributed by atoms with Crippen molar-refractivity contribution in [1.29, 1.82) is 0 Å². The second-order valence-electron chi connectivity index (χ2n) is 6.87. The summed E-state index contributed by atoms with van der Waals surface area (Å²) >= 11 is 6.10. The van der Waals surface area contributed by atoms with Crippen LogP contribution >= 0.6 is 11.6 Å². The molecule has 1 fully saturated rings. The molecule has 1 saturated carbocycles. The molecule has 0 spiro atoms. The Bertz CT molecular complexity index is 1190. The molecule has 0 unspecified atom stereocenters. The number of hydrogen-bond donors (Lipinski definition) is 1. The van der Waals surface area contributed by atoms with Crippen molar-refractivity contribution in [2.45, 2.75) is 19.0 Å². The Morgan fingerprint density at radius 3 is 2.68 bits per heavy atom. The minimum Gasteiger partial charge on any atom is -0.352 e. The van der Waals surface area contributed by atoms with Crippen molar-refractivity contribution in [1.82, 2.24) is 29.0 Å². The van der Waals surface area contributed by atoms with Crippen molar-refractivity contribution in [2.75, 3.05) is 11.9 Å². The van der Waals surface area contributed by atoms with Crippen LogP contribution in [0.5, 0.6) is 0 Å². The van der Waals surface area contributed by atoms with Gasteiger partial charge in [0.15, 0.2) is 0 Å². The molecule has 4 heterocycles. The Balaban J connectivity index is 1.44. The summed E-state index contributed by atoms with van der Waals surface area (Å²) in [5.74, 6) is 0.634. The highest BCUT2D eigenvalue weighted by Gasteiger charge is 2.62. The van der Waals surface area contributed by atoms with Gasteiger partial charge in [-0.3, -0.25) is 4.40 Å². The molecule has 1 N–H and O–H groups in total. The van der Waals surface area contributed by atoms with Crippen molar-refractivity contribution in [3.63, 3.8) is 0 Å². The lowest BCUT2D eigenvalue weighted by molar-refractivity contribution is -0.182. The zero-order chi connectivity index (χ0) is 19.5. The van der Waals surface area contributed by atoms with Crippen molar-refractivity contribution in [2.24, 2.45) is 5.41 Å². The first kappa shape index (κ1) is 17.2. The van der Waals surface area contributed by atoms with Crippen LogP contribution in [0.4, 0.5) is 19.1 Å². The van der Waals surface area contributed by atoms with Gasteiger partial charge in [0.05, 0.1) is 23.3 Å². The molecule has 0 radical (unpaired) electrons. The Hall–Kier alpha value is -2.88. The quantitative estimate of drug-likeness (QED) is 0.556. The summed E-state index contributed by atoms with van der Waals surface area (Å²) in [7, 11) is 0. The van der Waals surface area contributed by atoms with Crippen LogP contribution in [0.1, 0.15) is 12.8 Å². The van der Waals surface area contributed by atoms with Gasteiger partial charge in [0.25, 0.3) is 0 Å². The molecule has 144 valence electrons. The molecule has 0 amide bonds. The van der Waals surface area contributed by atoms with Crippen LogP contribution < -0.4 is 5.32 Å². The molecule has 0 saturated heterocycles. The van der Waals surface area contributed by atoms with Gasteiger partial charge >= 0.3 is 6.18 Å². The van der Waals surface area contributed by atoms with E-state index in [2.05, 4.69) is 25.4 Å². The van der Waals surface area contributed by atoms with E-state index < -0.39 is 11.6 Å². The molecule has 0 atom stereocenters. The molecule has 4 aromatic heterocycles. The topological polar surface area (TPSA) is 72.4 Å². The summed E-state index contributed by atoms with van der Waals surface area (Å²) in [4.78, 5) is 12.5. The zero-order valence-electron chi connectivity index (χ0n) is 14.3. The molecule has 7 nitrogen and oxygen atoms in total. The van der Waals surface area contributed by atoms with Crippen LogP contribution in [0.25, 0.3) is 22.4 Å². The van der Waals surface area contributed by atoms with Gasteiger partial charge in [0.2, 0.25) is 11.7 Å². The number of fused-ring (bicyclic) bond motifs is 2. The van der Waals surface area contributed by atoms with Gasteiger partial charge in [-0.15, -0.1) is 5.10 Å². The van der Waals surface area contributed by atoms with Gasteiger partial charge < -0.3 is 5.32 Å². The van der Waals surface area contributed by atoms with Gasteiger partial charge in [0, 0.05) is 36.3 Å². The Kier molecular flexibility index (Phi) is 3.57. The van der Waals surface area contributed by atoms with E-state index in [1.807, 2.05) is 6.07 Å². The second kappa shape index (κ2) is 5.81. The number of halogens is 4. The number of aromatic nitrogens is 6. The predicted molar refractivity (Wildman–Crippen MR) is 96.2 cm³/mol. The van der Waals surface area contributed by atoms with Crippen LogP contribution in [-0.2, 0) is 0 Å². The number of hydrogen-bond acceptors (Lipinski definition) is 5. The number of nitrogens with one attached hydrogen (secondary N) is 1. The average Bonchev–Trinajstić information content (AvgIpc) is 3.24. The van der Waals surface area contributed by atoms with E-state index in [0.29, 0.717) is 16.4 Å². The SMILES string of the molecule is FC(F)(F)C1(CNc2ncc3c(-c4cnc5ncc(Cl)n5c4)ccn3n2)CC1. The third-order valence-corrected chi connectivity index (χ3v) is 5.37. The number of imidazole rings is 1. The van der Waals surface area contributed by atoms with E-state index in [1.54, 1.807) is 33.7 Å². The van der Waals surface area contributed by atoms with E-state index in [0.717, 1.165) is 11.1 Å². The van der Waals surface area contributed by atoms with Crippen LogP contribution in [0.2, 0.25) is 5.15 Å². The van der Waals surface area contributed by atoms with Crippen LogP contribution in [0.3, 0.4) is 0 Å². The molecule has 11 heteroatoms. The molecular formula is C17H13ClF3N7. The molecule has 1 aliphatic rings. The number of anilines is 1.